The van der Waals surface area contributed by atoms with E-state index >= 15 is 0 Å². The third-order valence-electron chi connectivity index (χ3n) is 1.05. The molecule has 0 saturated heterocycles. The van der Waals surface area contributed by atoms with Gasteiger partial charge in [0.25, 0.3) is 0 Å². The Morgan fingerprint density at radius 3 is 3.22 bits per heavy atom. The van der Waals surface area contributed by atoms with Gasteiger partial charge in [0, 0.05) is 12.6 Å². The Kier molecular flexibility index (Phi) is 1.67. The van der Waals surface area contributed by atoms with E-state index in [1.54, 1.807) is 6.21 Å². The maximum Gasteiger partial charge on any atom is 0.350 e. The van der Waals surface area contributed by atoms with E-state index in [2.05, 4.69) is 14.7 Å². The summed E-state index contributed by atoms with van der Waals surface area (Å²) >= 11 is 0. The highest BCUT2D eigenvalue weighted by Crippen LogP contribution is 2.05. The van der Waals surface area contributed by atoms with Crippen LogP contribution < -0.4 is 0 Å². The van der Waals surface area contributed by atoms with Crippen molar-refractivity contribution in [3.63, 3.8) is 0 Å². The van der Waals surface area contributed by atoms with Crippen molar-refractivity contribution < 1.29 is 14.4 Å². The minimum absolute atomic E-state index is 0.368. The van der Waals surface area contributed by atoms with Gasteiger partial charge in [-0.2, -0.15) is 0 Å². The molecule has 4 nitrogen and oxygen atoms in total. The second-order valence-electron chi connectivity index (χ2n) is 1.64. The SMILES string of the molecule is COC(=O)C1CC=NO1. The Morgan fingerprint density at radius 1 is 2.00 bits per heavy atom. The standard InChI is InChI=1S/C5H7NO3/c1-8-5(7)4-2-3-6-9-4/h3-4H,2H2,1H3. The van der Waals surface area contributed by atoms with E-state index in [0.29, 0.717) is 6.42 Å². The fraction of sp³-hybridized carbons (Fsp3) is 0.600. The van der Waals surface area contributed by atoms with Gasteiger partial charge in [-0.3, -0.25) is 0 Å². The molecule has 0 fully saturated rings. The van der Waals surface area contributed by atoms with Crippen molar-refractivity contribution in [2.75, 3.05) is 7.11 Å². The Hall–Kier alpha value is -1.06. The number of rotatable bonds is 1. The monoisotopic (exact) mass is 129 g/mol. The lowest BCUT2D eigenvalue weighted by molar-refractivity contribution is -0.152. The Bertz CT molecular complexity index is 135. The molecule has 0 saturated carbocycles. The van der Waals surface area contributed by atoms with Gasteiger partial charge in [-0.15, -0.1) is 0 Å². The number of methoxy groups -OCH3 is 1. The predicted molar refractivity (Wildman–Crippen MR) is 30.0 cm³/mol. The second kappa shape index (κ2) is 2.48. The van der Waals surface area contributed by atoms with Crippen molar-refractivity contribution in [3.05, 3.63) is 0 Å². The molecule has 0 aliphatic carbocycles. The molecule has 0 bridgehead atoms. The first-order valence-corrected chi connectivity index (χ1v) is 2.60. The van der Waals surface area contributed by atoms with Gasteiger partial charge >= 0.3 is 5.97 Å². The molecule has 0 radical (unpaired) electrons. The number of esters is 1. The van der Waals surface area contributed by atoms with Crippen LogP contribution in [0.15, 0.2) is 5.16 Å². The zero-order valence-electron chi connectivity index (χ0n) is 5.03. The first-order valence-electron chi connectivity index (χ1n) is 2.60. The van der Waals surface area contributed by atoms with Gasteiger partial charge in [0.15, 0.2) is 0 Å². The van der Waals surface area contributed by atoms with Crippen LogP contribution >= 0.6 is 0 Å². The van der Waals surface area contributed by atoms with E-state index in [-0.39, 0.29) is 5.97 Å². The lowest BCUT2D eigenvalue weighted by atomic mass is 10.3. The average molecular weight is 129 g/mol. The maximum absolute atomic E-state index is 10.6. The van der Waals surface area contributed by atoms with Gasteiger partial charge < -0.3 is 9.57 Å². The molecule has 1 aliphatic rings. The molecule has 1 aliphatic heterocycles. The summed E-state index contributed by atoms with van der Waals surface area (Å²) in [6.07, 6.45) is 1.56. The smallest absolute Gasteiger partial charge is 0.350 e. The zero-order valence-corrected chi connectivity index (χ0v) is 5.03. The lowest BCUT2D eigenvalue weighted by Gasteiger charge is -2.02. The number of ether oxygens (including phenoxy) is 1. The van der Waals surface area contributed by atoms with Crippen LogP contribution in [0, 0.1) is 0 Å². The number of nitrogens with zero attached hydrogens (tertiary/aromatic N) is 1. The van der Waals surface area contributed by atoms with Crippen molar-refractivity contribution in [2.24, 2.45) is 5.16 Å². The predicted octanol–water partition coefficient (Wildman–Crippen LogP) is -0.0659. The molecule has 1 heterocycles. The fourth-order valence-corrected chi connectivity index (χ4v) is 0.569. The van der Waals surface area contributed by atoms with Gasteiger partial charge in [0.1, 0.15) is 0 Å². The summed E-state index contributed by atoms with van der Waals surface area (Å²) in [7, 11) is 1.32. The van der Waals surface area contributed by atoms with Gasteiger partial charge in [0.2, 0.25) is 6.10 Å². The number of oxime groups is 1. The van der Waals surface area contributed by atoms with Crippen molar-refractivity contribution in [1.82, 2.24) is 0 Å². The van der Waals surface area contributed by atoms with Gasteiger partial charge in [-0.1, -0.05) is 5.16 Å². The summed E-state index contributed by atoms with van der Waals surface area (Å²) in [5, 5.41) is 3.41. The van der Waals surface area contributed by atoms with E-state index in [4.69, 9.17) is 0 Å². The average Bonchev–Trinajstić information content (AvgIpc) is 2.37. The topological polar surface area (TPSA) is 47.9 Å². The van der Waals surface area contributed by atoms with Crippen LogP contribution in [0.2, 0.25) is 0 Å². The Morgan fingerprint density at radius 2 is 2.78 bits per heavy atom. The second-order valence-corrected chi connectivity index (χ2v) is 1.64. The lowest BCUT2D eigenvalue weighted by Crippen LogP contribution is -2.20. The number of hydrogen-bond acceptors (Lipinski definition) is 4. The van der Waals surface area contributed by atoms with E-state index in [1.807, 2.05) is 0 Å². The van der Waals surface area contributed by atoms with Crippen molar-refractivity contribution >= 4 is 12.2 Å². The molecule has 1 unspecified atom stereocenters. The molecule has 0 spiro atoms. The molecule has 4 heteroatoms. The molecule has 1 rings (SSSR count). The van der Waals surface area contributed by atoms with Crippen LogP contribution in [0.3, 0.4) is 0 Å². The molecule has 9 heavy (non-hydrogen) atoms. The first-order chi connectivity index (χ1) is 4.34. The minimum Gasteiger partial charge on any atom is -0.466 e. The van der Waals surface area contributed by atoms with Crippen LogP contribution in [-0.4, -0.2) is 25.4 Å². The summed E-state index contributed by atoms with van der Waals surface area (Å²) < 4.78 is 4.39. The molecular formula is C5H7NO3. The molecular weight excluding hydrogens is 122 g/mol. The van der Waals surface area contributed by atoms with Crippen molar-refractivity contribution in [3.8, 4) is 0 Å². The van der Waals surface area contributed by atoms with Crippen LogP contribution in [0.25, 0.3) is 0 Å². The molecule has 0 N–H and O–H groups in total. The summed E-state index contributed by atoms with van der Waals surface area (Å²) in [5.74, 6) is -0.368. The largest absolute Gasteiger partial charge is 0.466 e. The van der Waals surface area contributed by atoms with Gasteiger partial charge in [-0.05, 0) is 0 Å². The first kappa shape index (κ1) is 6.07. The van der Waals surface area contributed by atoms with Crippen LogP contribution in [0.5, 0.6) is 0 Å². The van der Waals surface area contributed by atoms with Crippen LogP contribution in [-0.2, 0) is 14.4 Å². The van der Waals surface area contributed by atoms with Crippen molar-refractivity contribution in [2.45, 2.75) is 12.5 Å². The molecule has 0 aromatic carbocycles. The zero-order chi connectivity index (χ0) is 6.69. The van der Waals surface area contributed by atoms with E-state index in [0.717, 1.165) is 0 Å². The third-order valence-corrected chi connectivity index (χ3v) is 1.05. The Labute approximate surface area is 52.4 Å². The molecule has 1 atom stereocenters. The number of carbonyl (C=O) groups is 1. The van der Waals surface area contributed by atoms with Crippen LogP contribution in [0.4, 0.5) is 0 Å². The van der Waals surface area contributed by atoms with E-state index in [1.165, 1.54) is 7.11 Å². The fourth-order valence-electron chi connectivity index (χ4n) is 0.569. The quantitative estimate of drug-likeness (QED) is 0.466. The normalized spacial score (nSPS) is 23.4. The molecule has 0 amide bonds. The highest BCUT2D eigenvalue weighted by Gasteiger charge is 2.22. The minimum atomic E-state index is -0.505. The molecule has 0 aromatic heterocycles. The summed E-state index contributed by atoms with van der Waals surface area (Å²) in [6.45, 7) is 0. The highest BCUT2D eigenvalue weighted by atomic mass is 16.7. The Balaban J connectivity index is 2.36. The summed E-state index contributed by atoms with van der Waals surface area (Å²) in [6, 6.07) is 0. The third kappa shape index (κ3) is 1.19. The van der Waals surface area contributed by atoms with E-state index in [9.17, 15) is 4.79 Å². The molecule has 50 valence electrons. The highest BCUT2D eigenvalue weighted by molar-refractivity contribution is 5.79. The van der Waals surface area contributed by atoms with Crippen molar-refractivity contribution in [1.29, 1.82) is 0 Å². The van der Waals surface area contributed by atoms with Crippen LogP contribution in [0.1, 0.15) is 6.42 Å². The number of carbonyl (C=O) groups excluding carboxylic acids is 1. The summed E-state index contributed by atoms with van der Waals surface area (Å²) in [5.41, 5.74) is 0. The maximum atomic E-state index is 10.6. The number of hydrogen-bond donors (Lipinski definition) is 0. The summed E-state index contributed by atoms with van der Waals surface area (Å²) in [4.78, 5) is 15.2. The van der Waals surface area contributed by atoms with Gasteiger partial charge in [-0.25, -0.2) is 4.79 Å². The molecule has 0 aromatic rings. The van der Waals surface area contributed by atoms with Gasteiger partial charge in [0.05, 0.1) is 7.11 Å². The van der Waals surface area contributed by atoms with E-state index < -0.39 is 6.10 Å².